The van der Waals surface area contributed by atoms with Crippen molar-refractivity contribution in [2.24, 2.45) is 0 Å². The van der Waals surface area contributed by atoms with E-state index in [0.29, 0.717) is 11.4 Å². The van der Waals surface area contributed by atoms with Gasteiger partial charge in [0.1, 0.15) is 11.9 Å². The van der Waals surface area contributed by atoms with Gasteiger partial charge in [0.25, 0.3) is 5.91 Å². The third-order valence-corrected chi connectivity index (χ3v) is 3.24. The molecule has 19 heavy (non-hydrogen) atoms. The van der Waals surface area contributed by atoms with Crippen molar-refractivity contribution >= 4 is 22.4 Å². The molecule has 0 spiro atoms. The molecule has 0 radical (unpaired) electrons. The highest BCUT2D eigenvalue weighted by Gasteiger charge is 2.15. The van der Waals surface area contributed by atoms with E-state index in [4.69, 9.17) is 0 Å². The highest BCUT2D eigenvalue weighted by atomic mass is 32.2. The van der Waals surface area contributed by atoms with E-state index in [2.05, 4.69) is 15.3 Å². The molecule has 2 N–H and O–H groups in total. The van der Waals surface area contributed by atoms with Crippen LogP contribution in [0.3, 0.4) is 0 Å². The number of carbonyl (C=O) groups is 1. The van der Waals surface area contributed by atoms with Gasteiger partial charge < -0.3 is 10.4 Å². The summed E-state index contributed by atoms with van der Waals surface area (Å²) in [5.74, 6) is 0.486. The minimum Gasteiger partial charge on any atom is -0.383 e. The van der Waals surface area contributed by atoms with Crippen LogP contribution in [0.1, 0.15) is 25.6 Å². The highest BCUT2D eigenvalue weighted by Crippen LogP contribution is 2.06. The van der Waals surface area contributed by atoms with Crippen molar-refractivity contribution in [3.8, 4) is 0 Å². The fourth-order valence-corrected chi connectivity index (χ4v) is 1.96. The van der Waals surface area contributed by atoms with Crippen molar-refractivity contribution in [2.75, 3.05) is 17.3 Å². The predicted molar refractivity (Wildman–Crippen MR) is 74.2 cm³/mol. The van der Waals surface area contributed by atoms with Gasteiger partial charge in [-0.1, -0.05) is 6.92 Å². The summed E-state index contributed by atoms with van der Waals surface area (Å²) in [6.07, 6.45) is 5.31. The van der Waals surface area contributed by atoms with E-state index in [-0.39, 0.29) is 6.42 Å². The van der Waals surface area contributed by atoms with Gasteiger partial charge in [0.15, 0.2) is 0 Å². The Morgan fingerprint density at radius 3 is 2.63 bits per heavy atom. The summed E-state index contributed by atoms with van der Waals surface area (Å²) in [6, 6.07) is 0. The molecule has 0 saturated carbocycles. The minimum atomic E-state index is -1.17. The lowest BCUT2D eigenvalue weighted by Crippen LogP contribution is -2.29. The van der Waals surface area contributed by atoms with E-state index in [1.54, 1.807) is 0 Å². The molecule has 106 valence electrons. The largest absolute Gasteiger partial charge is 0.383 e. The summed E-state index contributed by atoms with van der Waals surface area (Å²) in [4.78, 5) is 19.8. The minimum absolute atomic E-state index is 0.170. The number of amides is 1. The topological polar surface area (TPSA) is 92.2 Å². The van der Waals surface area contributed by atoms with Gasteiger partial charge in [0.2, 0.25) is 0 Å². The van der Waals surface area contributed by atoms with E-state index in [0.717, 1.165) is 18.7 Å². The molecule has 0 fully saturated rings. The number of anilines is 1. The van der Waals surface area contributed by atoms with Gasteiger partial charge in [-0.3, -0.25) is 9.00 Å². The molecule has 2 unspecified atom stereocenters. The van der Waals surface area contributed by atoms with Crippen LogP contribution in [-0.4, -0.2) is 43.3 Å². The first-order valence-corrected chi connectivity index (χ1v) is 7.85. The van der Waals surface area contributed by atoms with Crippen molar-refractivity contribution < 1.29 is 14.1 Å². The summed E-state index contributed by atoms with van der Waals surface area (Å²) in [7, 11) is -1.02. The zero-order chi connectivity index (χ0) is 14.3. The maximum atomic E-state index is 11.6. The number of hydrogen-bond acceptors (Lipinski definition) is 5. The number of aryl methyl sites for hydroxylation is 1. The Labute approximate surface area is 115 Å². The number of rotatable bonds is 7. The number of nitrogens with one attached hydrogen (secondary N) is 1. The second-order valence-electron chi connectivity index (χ2n) is 4.21. The third kappa shape index (κ3) is 5.89. The normalized spacial score (nSPS) is 13.8. The Bertz CT molecular complexity index is 436. The molecule has 0 saturated heterocycles. The maximum absolute atomic E-state index is 11.6. The maximum Gasteiger partial charge on any atom is 0.253 e. The fourth-order valence-electron chi connectivity index (χ4n) is 1.41. The van der Waals surface area contributed by atoms with Crippen LogP contribution in [0.2, 0.25) is 0 Å². The number of nitrogens with zero attached hydrogens (tertiary/aromatic N) is 2. The predicted octanol–water partition coefficient (Wildman–Crippen LogP) is 0.497. The number of aliphatic hydroxyl groups is 1. The lowest BCUT2D eigenvalue weighted by molar-refractivity contribution is -0.124. The van der Waals surface area contributed by atoms with E-state index in [1.165, 1.54) is 18.6 Å². The Morgan fingerprint density at radius 2 is 2.11 bits per heavy atom. The monoisotopic (exact) mass is 285 g/mol. The van der Waals surface area contributed by atoms with Crippen molar-refractivity contribution in [1.82, 2.24) is 9.97 Å². The molecule has 0 aliphatic rings. The highest BCUT2D eigenvalue weighted by molar-refractivity contribution is 7.84. The zero-order valence-corrected chi connectivity index (χ0v) is 11.9. The first-order valence-electron chi connectivity index (χ1n) is 6.12. The van der Waals surface area contributed by atoms with Crippen LogP contribution in [0.15, 0.2) is 12.4 Å². The molecular weight excluding hydrogens is 266 g/mol. The first kappa shape index (κ1) is 15.7. The molecule has 1 aromatic heterocycles. The fraction of sp³-hybridized carbons (Fsp3) is 0.583. The molecule has 0 aliphatic carbocycles. The Balaban J connectivity index is 2.49. The van der Waals surface area contributed by atoms with Crippen molar-refractivity contribution in [3.63, 3.8) is 0 Å². The molecule has 0 aromatic carbocycles. The van der Waals surface area contributed by atoms with Gasteiger partial charge in [0, 0.05) is 29.2 Å². The third-order valence-electron chi connectivity index (χ3n) is 2.43. The van der Waals surface area contributed by atoms with Crippen LogP contribution >= 0.6 is 0 Å². The lowest BCUT2D eigenvalue weighted by atomic mass is 10.2. The van der Waals surface area contributed by atoms with Gasteiger partial charge in [-0.15, -0.1) is 0 Å². The van der Waals surface area contributed by atoms with E-state index < -0.39 is 22.8 Å². The Hall–Kier alpha value is -1.34. The molecule has 0 bridgehead atoms. The van der Waals surface area contributed by atoms with Gasteiger partial charge in [-0.25, -0.2) is 9.97 Å². The van der Waals surface area contributed by atoms with Crippen LogP contribution in [0.4, 0.5) is 5.69 Å². The number of aliphatic hydroxyl groups excluding tert-OH is 1. The van der Waals surface area contributed by atoms with E-state index in [9.17, 15) is 14.1 Å². The summed E-state index contributed by atoms with van der Waals surface area (Å²) >= 11 is 0. The van der Waals surface area contributed by atoms with Gasteiger partial charge in [-0.05, 0) is 12.8 Å². The van der Waals surface area contributed by atoms with Gasteiger partial charge in [0.05, 0.1) is 18.1 Å². The van der Waals surface area contributed by atoms with Crippen molar-refractivity contribution in [2.45, 2.75) is 32.3 Å². The van der Waals surface area contributed by atoms with Crippen molar-refractivity contribution in [1.29, 1.82) is 0 Å². The quantitative estimate of drug-likeness (QED) is 0.761. The number of carbonyl (C=O) groups excluding carboxylic acids is 1. The summed E-state index contributed by atoms with van der Waals surface area (Å²) in [5, 5.41) is 12.1. The number of aromatic nitrogens is 2. The molecule has 2 atom stereocenters. The molecule has 1 aromatic rings. The summed E-state index contributed by atoms with van der Waals surface area (Å²) in [5.41, 5.74) is 0.446. The summed E-state index contributed by atoms with van der Waals surface area (Å²) in [6.45, 7) is 2.03. The number of hydrogen-bond donors (Lipinski definition) is 2. The molecule has 0 aliphatic heterocycles. The molecule has 7 heteroatoms. The van der Waals surface area contributed by atoms with E-state index >= 15 is 0 Å². The van der Waals surface area contributed by atoms with Crippen LogP contribution in [0, 0.1) is 0 Å². The second kappa shape index (κ2) is 7.96. The van der Waals surface area contributed by atoms with Crippen molar-refractivity contribution in [3.05, 3.63) is 18.2 Å². The Morgan fingerprint density at radius 1 is 1.47 bits per heavy atom. The van der Waals surface area contributed by atoms with Crippen LogP contribution in [-0.2, 0) is 22.0 Å². The van der Waals surface area contributed by atoms with Crippen LogP contribution in [0.5, 0.6) is 0 Å². The standard InChI is InChI=1S/C12H19N3O3S/c1-3-4-11-13-7-9(8-14-11)15-12(17)10(16)5-6-19(2)18/h7-8,10,16H,3-6H2,1-2H3,(H,15,17). The van der Waals surface area contributed by atoms with Gasteiger partial charge >= 0.3 is 0 Å². The van der Waals surface area contributed by atoms with Crippen LogP contribution < -0.4 is 5.32 Å². The zero-order valence-electron chi connectivity index (χ0n) is 11.1. The molecule has 1 heterocycles. The first-order chi connectivity index (χ1) is 9.02. The molecule has 1 amide bonds. The average molecular weight is 285 g/mol. The van der Waals surface area contributed by atoms with E-state index in [1.807, 2.05) is 6.92 Å². The van der Waals surface area contributed by atoms with Gasteiger partial charge in [-0.2, -0.15) is 0 Å². The molecule has 1 rings (SSSR count). The lowest BCUT2D eigenvalue weighted by Gasteiger charge is -2.10. The smallest absolute Gasteiger partial charge is 0.253 e. The molecule has 6 nitrogen and oxygen atoms in total. The Kier molecular flexibility index (Phi) is 6.58. The average Bonchev–Trinajstić information content (AvgIpc) is 2.38. The summed E-state index contributed by atoms with van der Waals surface area (Å²) < 4.78 is 10.9. The SMILES string of the molecule is CCCc1ncc(NC(=O)C(O)CCS(C)=O)cn1. The second-order valence-corrected chi connectivity index (χ2v) is 5.76. The van der Waals surface area contributed by atoms with Crippen LogP contribution in [0.25, 0.3) is 0 Å². The molecular formula is C12H19N3O3S.